The van der Waals surface area contributed by atoms with E-state index in [1.807, 2.05) is 19.1 Å². The highest BCUT2D eigenvalue weighted by Crippen LogP contribution is 2.41. The van der Waals surface area contributed by atoms with Gasteiger partial charge in [0, 0.05) is 5.38 Å². The maximum Gasteiger partial charge on any atom is 0.140 e. The van der Waals surface area contributed by atoms with E-state index in [1.54, 1.807) is 14.2 Å². The Morgan fingerprint density at radius 3 is 2.35 bits per heavy atom. The van der Waals surface area contributed by atoms with Crippen LogP contribution in [0.4, 0.5) is 0 Å². The van der Waals surface area contributed by atoms with Crippen LogP contribution in [0.1, 0.15) is 31.7 Å². The highest BCUT2D eigenvalue weighted by molar-refractivity contribution is 9.10. The lowest BCUT2D eigenvalue weighted by atomic mass is 9.95. The van der Waals surface area contributed by atoms with Gasteiger partial charge in [0.2, 0.25) is 0 Å². The molecule has 96 valence electrons. The molecule has 0 radical (unpaired) electrons. The summed E-state index contributed by atoms with van der Waals surface area (Å²) in [6.45, 7) is 4.15. The Labute approximate surface area is 116 Å². The van der Waals surface area contributed by atoms with Crippen molar-refractivity contribution in [2.24, 2.45) is 0 Å². The van der Waals surface area contributed by atoms with Crippen LogP contribution in [0.5, 0.6) is 11.5 Å². The van der Waals surface area contributed by atoms with Gasteiger partial charge < -0.3 is 9.47 Å². The van der Waals surface area contributed by atoms with Crippen molar-refractivity contribution in [2.75, 3.05) is 14.2 Å². The zero-order valence-electron chi connectivity index (χ0n) is 10.6. The summed E-state index contributed by atoms with van der Waals surface area (Å²) >= 11 is 9.54. The molecule has 0 fully saturated rings. The van der Waals surface area contributed by atoms with E-state index in [4.69, 9.17) is 21.1 Å². The number of benzene rings is 1. The maximum atomic E-state index is 6.04. The molecule has 1 aromatic rings. The molecule has 0 N–H and O–H groups in total. The van der Waals surface area contributed by atoms with Gasteiger partial charge in [0.25, 0.3) is 0 Å². The molecule has 17 heavy (non-hydrogen) atoms. The topological polar surface area (TPSA) is 18.5 Å². The third-order valence-electron chi connectivity index (χ3n) is 2.73. The second-order valence-corrected chi connectivity index (χ2v) is 5.66. The van der Waals surface area contributed by atoms with Gasteiger partial charge in [-0.1, -0.05) is 13.0 Å². The Balaban J connectivity index is 3.11. The molecule has 1 rings (SSSR count). The predicted molar refractivity (Wildman–Crippen MR) is 75.6 cm³/mol. The lowest BCUT2D eigenvalue weighted by molar-refractivity contribution is 0.383. The molecule has 0 heterocycles. The molecule has 2 unspecified atom stereocenters. The Kier molecular flexibility index (Phi) is 5.60. The summed E-state index contributed by atoms with van der Waals surface area (Å²) in [5.74, 6) is 1.95. The summed E-state index contributed by atoms with van der Waals surface area (Å²) in [5.41, 5.74) is 1.15. The summed E-state index contributed by atoms with van der Waals surface area (Å²) in [7, 11) is 3.31. The van der Waals surface area contributed by atoms with Gasteiger partial charge in [-0.25, -0.2) is 0 Å². The summed E-state index contributed by atoms with van der Waals surface area (Å²) in [4.78, 5) is 0. The number of alkyl halides is 1. The molecule has 0 bridgehead atoms. The fourth-order valence-corrected chi connectivity index (χ4v) is 2.87. The third-order valence-corrected chi connectivity index (χ3v) is 3.65. The summed E-state index contributed by atoms with van der Waals surface area (Å²) < 4.78 is 11.6. The minimum Gasteiger partial charge on any atom is -0.495 e. The normalized spacial score (nSPS) is 14.2. The Hall–Kier alpha value is -0.410. The molecule has 2 atom stereocenters. The fourth-order valence-electron chi connectivity index (χ4n) is 1.92. The molecule has 0 spiro atoms. The second-order valence-electron chi connectivity index (χ2n) is 4.12. The largest absolute Gasteiger partial charge is 0.495 e. The molecule has 0 aliphatic heterocycles. The van der Waals surface area contributed by atoms with E-state index >= 15 is 0 Å². The number of methoxy groups -OCH3 is 2. The SMILES string of the molecule is COc1ccc(C(C)CC(C)Cl)c(OC)c1Br. The van der Waals surface area contributed by atoms with Crippen LogP contribution in [0.2, 0.25) is 0 Å². The predicted octanol–water partition coefficient (Wildman–Crippen LogP) is 4.59. The van der Waals surface area contributed by atoms with Crippen LogP contribution in [-0.2, 0) is 0 Å². The lowest BCUT2D eigenvalue weighted by Gasteiger charge is -2.19. The number of hydrogen-bond donors (Lipinski definition) is 0. The Morgan fingerprint density at radius 2 is 1.88 bits per heavy atom. The van der Waals surface area contributed by atoms with Crippen molar-refractivity contribution < 1.29 is 9.47 Å². The summed E-state index contributed by atoms with van der Waals surface area (Å²) in [6.07, 6.45) is 0.913. The highest BCUT2D eigenvalue weighted by Gasteiger charge is 2.18. The molecule has 0 saturated carbocycles. The minimum atomic E-state index is 0.149. The first kappa shape index (κ1) is 14.7. The molecule has 0 aliphatic carbocycles. The van der Waals surface area contributed by atoms with E-state index in [0.717, 1.165) is 28.0 Å². The van der Waals surface area contributed by atoms with E-state index in [0.29, 0.717) is 5.92 Å². The van der Waals surface area contributed by atoms with Crippen LogP contribution >= 0.6 is 27.5 Å². The first-order valence-electron chi connectivity index (χ1n) is 5.55. The highest BCUT2D eigenvalue weighted by atomic mass is 79.9. The van der Waals surface area contributed by atoms with E-state index in [-0.39, 0.29) is 5.38 Å². The number of rotatable bonds is 5. The van der Waals surface area contributed by atoms with E-state index in [2.05, 4.69) is 22.9 Å². The third kappa shape index (κ3) is 3.52. The monoisotopic (exact) mass is 320 g/mol. The fraction of sp³-hybridized carbons (Fsp3) is 0.538. The van der Waals surface area contributed by atoms with Gasteiger partial charge in [-0.05, 0) is 46.8 Å². The van der Waals surface area contributed by atoms with Gasteiger partial charge in [0.15, 0.2) is 0 Å². The van der Waals surface area contributed by atoms with Crippen molar-refractivity contribution in [1.29, 1.82) is 0 Å². The van der Waals surface area contributed by atoms with Crippen molar-refractivity contribution >= 4 is 27.5 Å². The molecular weight excluding hydrogens is 303 g/mol. The van der Waals surface area contributed by atoms with Crippen LogP contribution in [0.3, 0.4) is 0 Å². The van der Waals surface area contributed by atoms with Crippen molar-refractivity contribution in [2.45, 2.75) is 31.6 Å². The van der Waals surface area contributed by atoms with Gasteiger partial charge in [-0.15, -0.1) is 11.6 Å². The quantitative estimate of drug-likeness (QED) is 0.739. The minimum absolute atomic E-state index is 0.149. The smallest absolute Gasteiger partial charge is 0.140 e. The molecule has 0 aliphatic rings. The molecule has 2 nitrogen and oxygen atoms in total. The van der Waals surface area contributed by atoms with Crippen molar-refractivity contribution in [3.05, 3.63) is 22.2 Å². The number of ether oxygens (including phenoxy) is 2. The number of halogens is 2. The van der Waals surface area contributed by atoms with Gasteiger partial charge >= 0.3 is 0 Å². The van der Waals surface area contributed by atoms with Crippen molar-refractivity contribution in [3.8, 4) is 11.5 Å². The second kappa shape index (κ2) is 6.50. The van der Waals surface area contributed by atoms with Crippen molar-refractivity contribution in [1.82, 2.24) is 0 Å². The van der Waals surface area contributed by atoms with Crippen LogP contribution in [0.25, 0.3) is 0 Å². The molecule has 1 aromatic carbocycles. The summed E-state index contributed by atoms with van der Waals surface area (Å²) in [5, 5.41) is 0.149. The standard InChI is InChI=1S/C13H18BrClO2/c1-8(7-9(2)15)10-5-6-11(16-3)12(14)13(10)17-4/h5-6,8-9H,7H2,1-4H3. The summed E-state index contributed by atoms with van der Waals surface area (Å²) in [6, 6.07) is 3.98. The number of hydrogen-bond acceptors (Lipinski definition) is 2. The van der Waals surface area contributed by atoms with Gasteiger partial charge in [-0.2, -0.15) is 0 Å². The van der Waals surface area contributed by atoms with Crippen LogP contribution in [0.15, 0.2) is 16.6 Å². The van der Waals surface area contributed by atoms with E-state index < -0.39 is 0 Å². The maximum absolute atomic E-state index is 6.04. The zero-order valence-corrected chi connectivity index (χ0v) is 12.9. The van der Waals surface area contributed by atoms with Crippen LogP contribution < -0.4 is 9.47 Å². The average molecular weight is 322 g/mol. The van der Waals surface area contributed by atoms with Gasteiger partial charge in [0.05, 0.1) is 14.2 Å². The van der Waals surface area contributed by atoms with Gasteiger partial charge in [-0.3, -0.25) is 0 Å². The Morgan fingerprint density at radius 1 is 1.24 bits per heavy atom. The zero-order chi connectivity index (χ0) is 13.0. The van der Waals surface area contributed by atoms with Gasteiger partial charge in [0.1, 0.15) is 16.0 Å². The van der Waals surface area contributed by atoms with Crippen LogP contribution in [0, 0.1) is 0 Å². The van der Waals surface area contributed by atoms with E-state index in [9.17, 15) is 0 Å². The van der Waals surface area contributed by atoms with E-state index in [1.165, 1.54) is 0 Å². The molecule has 0 amide bonds. The lowest BCUT2D eigenvalue weighted by Crippen LogP contribution is -2.04. The first-order chi connectivity index (χ1) is 8.01. The average Bonchev–Trinajstić information content (AvgIpc) is 2.27. The molecule has 4 heteroatoms. The first-order valence-corrected chi connectivity index (χ1v) is 6.78. The molecule has 0 saturated heterocycles. The Bertz CT molecular complexity index is 380. The van der Waals surface area contributed by atoms with Crippen LogP contribution in [-0.4, -0.2) is 19.6 Å². The molecular formula is C13H18BrClO2. The van der Waals surface area contributed by atoms with Crippen molar-refractivity contribution in [3.63, 3.8) is 0 Å². The molecule has 0 aromatic heterocycles.